The predicted octanol–water partition coefficient (Wildman–Crippen LogP) is 2.88. The molecular formula is C18H27N3O3. The molecule has 6 heteroatoms. The van der Waals surface area contributed by atoms with E-state index in [-0.39, 0.29) is 11.8 Å². The van der Waals surface area contributed by atoms with Crippen molar-refractivity contribution in [2.24, 2.45) is 5.92 Å². The third-order valence-electron chi connectivity index (χ3n) is 3.26. The molecule has 0 aromatic heterocycles. The van der Waals surface area contributed by atoms with Gasteiger partial charge in [0.1, 0.15) is 18.4 Å². The van der Waals surface area contributed by atoms with Crippen molar-refractivity contribution in [1.29, 1.82) is 0 Å². The van der Waals surface area contributed by atoms with Crippen LogP contribution in [0.25, 0.3) is 0 Å². The van der Waals surface area contributed by atoms with E-state index >= 15 is 0 Å². The van der Waals surface area contributed by atoms with E-state index in [9.17, 15) is 9.59 Å². The summed E-state index contributed by atoms with van der Waals surface area (Å²) in [6, 6.07) is 6.03. The molecule has 0 aliphatic rings. The van der Waals surface area contributed by atoms with Crippen LogP contribution in [-0.2, 0) is 4.79 Å². The van der Waals surface area contributed by atoms with Crippen LogP contribution < -0.4 is 15.4 Å². The van der Waals surface area contributed by atoms with Gasteiger partial charge in [0.05, 0.1) is 0 Å². The van der Waals surface area contributed by atoms with Crippen LogP contribution in [0.3, 0.4) is 0 Å². The first kappa shape index (κ1) is 19.5. The lowest BCUT2D eigenvalue weighted by molar-refractivity contribution is -0.131. The molecule has 1 aromatic rings. The van der Waals surface area contributed by atoms with Crippen molar-refractivity contribution in [2.75, 3.05) is 26.0 Å². The Morgan fingerprint density at radius 1 is 1.21 bits per heavy atom. The van der Waals surface area contributed by atoms with Gasteiger partial charge in [0.2, 0.25) is 5.91 Å². The SMILES string of the molecule is C=C(C)COc1ccc(NC(=O)N[C@@H](C(=O)N(C)C)C(C)C)cc1. The molecule has 1 rings (SSSR count). The summed E-state index contributed by atoms with van der Waals surface area (Å²) in [7, 11) is 3.34. The summed E-state index contributed by atoms with van der Waals surface area (Å²) >= 11 is 0. The Kier molecular flexibility index (Phi) is 7.30. The molecule has 0 aliphatic carbocycles. The van der Waals surface area contributed by atoms with Gasteiger partial charge in [-0.3, -0.25) is 4.79 Å². The minimum Gasteiger partial charge on any atom is -0.489 e. The second kappa shape index (κ2) is 8.96. The van der Waals surface area contributed by atoms with E-state index < -0.39 is 12.1 Å². The summed E-state index contributed by atoms with van der Waals surface area (Å²) in [5, 5.41) is 5.44. The molecule has 6 nitrogen and oxygen atoms in total. The zero-order valence-electron chi connectivity index (χ0n) is 15.1. The number of nitrogens with one attached hydrogen (secondary N) is 2. The van der Waals surface area contributed by atoms with E-state index in [4.69, 9.17) is 4.74 Å². The highest BCUT2D eigenvalue weighted by Gasteiger charge is 2.25. The van der Waals surface area contributed by atoms with Gasteiger partial charge in [-0.1, -0.05) is 20.4 Å². The lowest BCUT2D eigenvalue weighted by Gasteiger charge is -2.24. The van der Waals surface area contributed by atoms with E-state index in [1.807, 2.05) is 20.8 Å². The van der Waals surface area contributed by atoms with Gasteiger partial charge in [0.15, 0.2) is 0 Å². The van der Waals surface area contributed by atoms with E-state index in [0.29, 0.717) is 18.0 Å². The summed E-state index contributed by atoms with van der Waals surface area (Å²) in [6.07, 6.45) is 0. The summed E-state index contributed by atoms with van der Waals surface area (Å²) in [5.74, 6) is 0.555. The van der Waals surface area contributed by atoms with Crippen LogP contribution in [0.1, 0.15) is 20.8 Å². The Morgan fingerprint density at radius 3 is 2.25 bits per heavy atom. The van der Waals surface area contributed by atoms with Gasteiger partial charge in [-0.05, 0) is 42.7 Å². The van der Waals surface area contributed by atoms with Crippen molar-refractivity contribution in [1.82, 2.24) is 10.2 Å². The Bertz CT molecular complexity index is 580. The smallest absolute Gasteiger partial charge is 0.319 e. The molecular weight excluding hydrogens is 306 g/mol. The third kappa shape index (κ3) is 6.32. The van der Waals surface area contributed by atoms with Crippen molar-refractivity contribution in [3.63, 3.8) is 0 Å². The van der Waals surface area contributed by atoms with Gasteiger partial charge in [0.25, 0.3) is 0 Å². The second-order valence-corrected chi connectivity index (χ2v) is 6.32. The first-order valence-corrected chi connectivity index (χ1v) is 7.86. The highest BCUT2D eigenvalue weighted by molar-refractivity contribution is 5.93. The molecule has 1 atom stereocenters. The number of carbonyl (C=O) groups is 2. The Hall–Kier alpha value is -2.50. The monoisotopic (exact) mass is 333 g/mol. The predicted molar refractivity (Wildman–Crippen MR) is 96.2 cm³/mol. The number of hydrogen-bond acceptors (Lipinski definition) is 3. The molecule has 0 radical (unpaired) electrons. The van der Waals surface area contributed by atoms with E-state index in [1.165, 1.54) is 4.90 Å². The molecule has 132 valence electrons. The average molecular weight is 333 g/mol. The van der Waals surface area contributed by atoms with Crippen LogP contribution in [0.2, 0.25) is 0 Å². The number of likely N-dealkylation sites (N-methyl/N-ethyl adjacent to an activating group) is 1. The number of carbonyl (C=O) groups excluding carboxylic acids is 2. The molecule has 2 N–H and O–H groups in total. The van der Waals surface area contributed by atoms with Crippen LogP contribution in [0.4, 0.5) is 10.5 Å². The fourth-order valence-electron chi connectivity index (χ4n) is 1.94. The fourth-order valence-corrected chi connectivity index (χ4v) is 1.94. The lowest BCUT2D eigenvalue weighted by Crippen LogP contribution is -2.50. The quantitative estimate of drug-likeness (QED) is 0.754. The highest BCUT2D eigenvalue weighted by Crippen LogP contribution is 2.16. The fraction of sp³-hybridized carbons (Fsp3) is 0.444. The van der Waals surface area contributed by atoms with Crippen molar-refractivity contribution < 1.29 is 14.3 Å². The Labute approximate surface area is 143 Å². The molecule has 0 saturated heterocycles. The molecule has 1 aromatic carbocycles. The van der Waals surface area contributed by atoms with E-state index in [1.54, 1.807) is 38.4 Å². The zero-order chi connectivity index (χ0) is 18.3. The van der Waals surface area contributed by atoms with Crippen molar-refractivity contribution >= 4 is 17.6 Å². The molecule has 24 heavy (non-hydrogen) atoms. The second-order valence-electron chi connectivity index (χ2n) is 6.32. The van der Waals surface area contributed by atoms with Crippen LogP contribution in [-0.4, -0.2) is 43.6 Å². The molecule has 0 saturated carbocycles. The molecule has 0 bridgehead atoms. The summed E-state index contributed by atoms with van der Waals surface area (Å²) in [6.45, 7) is 9.90. The molecule has 0 fully saturated rings. The van der Waals surface area contributed by atoms with Crippen molar-refractivity contribution in [3.8, 4) is 5.75 Å². The maximum atomic E-state index is 12.1. The van der Waals surface area contributed by atoms with Gasteiger partial charge >= 0.3 is 6.03 Å². The van der Waals surface area contributed by atoms with E-state index in [0.717, 1.165) is 5.57 Å². The van der Waals surface area contributed by atoms with Crippen molar-refractivity contribution in [3.05, 3.63) is 36.4 Å². The highest BCUT2D eigenvalue weighted by atomic mass is 16.5. The zero-order valence-corrected chi connectivity index (χ0v) is 15.1. The number of benzene rings is 1. The summed E-state index contributed by atoms with van der Waals surface area (Å²) in [5.41, 5.74) is 1.55. The normalized spacial score (nSPS) is 11.6. The number of hydrogen-bond donors (Lipinski definition) is 2. The Morgan fingerprint density at radius 2 is 1.79 bits per heavy atom. The number of nitrogens with zero attached hydrogens (tertiary/aromatic N) is 1. The lowest BCUT2D eigenvalue weighted by atomic mass is 10.0. The number of rotatable bonds is 7. The molecule has 0 heterocycles. The van der Waals surface area contributed by atoms with Gasteiger partial charge in [0, 0.05) is 19.8 Å². The van der Waals surface area contributed by atoms with E-state index in [2.05, 4.69) is 17.2 Å². The van der Waals surface area contributed by atoms with Gasteiger partial charge < -0.3 is 20.3 Å². The first-order chi connectivity index (χ1) is 11.2. The van der Waals surface area contributed by atoms with Gasteiger partial charge in [-0.2, -0.15) is 0 Å². The molecule has 0 unspecified atom stereocenters. The molecule has 0 aliphatic heterocycles. The van der Waals surface area contributed by atoms with Crippen molar-refractivity contribution in [2.45, 2.75) is 26.8 Å². The number of anilines is 1. The van der Waals surface area contributed by atoms with Gasteiger partial charge in [-0.15, -0.1) is 0 Å². The maximum Gasteiger partial charge on any atom is 0.319 e. The van der Waals surface area contributed by atoms with Crippen LogP contribution in [0.15, 0.2) is 36.4 Å². The third-order valence-corrected chi connectivity index (χ3v) is 3.26. The number of urea groups is 1. The first-order valence-electron chi connectivity index (χ1n) is 7.86. The minimum atomic E-state index is -0.571. The minimum absolute atomic E-state index is 0.0106. The Balaban J connectivity index is 2.63. The largest absolute Gasteiger partial charge is 0.489 e. The van der Waals surface area contributed by atoms with Crippen LogP contribution >= 0.6 is 0 Å². The maximum absolute atomic E-state index is 12.1. The number of amides is 3. The van der Waals surface area contributed by atoms with Crippen LogP contribution in [0, 0.1) is 5.92 Å². The topological polar surface area (TPSA) is 70.7 Å². The molecule has 3 amide bonds. The molecule has 0 spiro atoms. The van der Waals surface area contributed by atoms with Gasteiger partial charge in [-0.25, -0.2) is 4.79 Å². The van der Waals surface area contributed by atoms with Crippen LogP contribution in [0.5, 0.6) is 5.75 Å². The summed E-state index contributed by atoms with van der Waals surface area (Å²) in [4.78, 5) is 25.7. The summed E-state index contributed by atoms with van der Waals surface area (Å²) < 4.78 is 5.50. The average Bonchev–Trinajstić information content (AvgIpc) is 2.50. The number of ether oxygens (including phenoxy) is 1. The standard InChI is InChI=1S/C18H27N3O3/c1-12(2)11-24-15-9-7-14(8-10-15)19-18(23)20-16(13(3)4)17(22)21(5)6/h7-10,13,16H,1,11H2,2-6H3,(H2,19,20,23)/t16-/m1/s1.